The fourth-order valence-corrected chi connectivity index (χ4v) is 3.23. The molecule has 0 bridgehead atoms. The highest BCUT2D eigenvalue weighted by Crippen LogP contribution is 2.41. The monoisotopic (exact) mass is 386 g/mol. The lowest BCUT2D eigenvalue weighted by Gasteiger charge is -2.20. The third kappa shape index (κ3) is 3.88. The molecule has 3 rings (SSSR count). The van der Waals surface area contributed by atoms with Crippen LogP contribution < -0.4 is 5.32 Å². The summed E-state index contributed by atoms with van der Waals surface area (Å²) in [6.45, 7) is 11.7. The topological polar surface area (TPSA) is 97.1 Å². The van der Waals surface area contributed by atoms with Crippen LogP contribution in [0.25, 0.3) is 11.0 Å². The molecule has 2 N–H and O–H groups in total. The fourth-order valence-electron chi connectivity index (χ4n) is 3.23. The highest BCUT2D eigenvalue weighted by atomic mass is 16.4. The lowest BCUT2D eigenvalue weighted by atomic mass is 9.89. The van der Waals surface area contributed by atoms with Gasteiger partial charge in [0.1, 0.15) is 0 Å². The van der Waals surface area contributed by atoms with E-state index in [0.717, 1.165) is 35.3 Å². The molecule has 1 amide bonds. The van der Waals surface area contributed by atoms with Gasteiger partial charge in [0.25, 0.3) is 5.91 Å². The zero-order valence-electron chi connectivity index (χ0n) is 17.6. The molecule has 0 atom stereocenters. The zero-order valence-corrected chi connectivity index (χ0v) is 17.6. The van der Waals surface area contributed by atoms with Gasteiger partial charge in [-0.05, 0) is 66.9 Å². The van der Waals surface area contributed by atoms with Gasteiger partial charge in [-0.3, -0.25) is 9.59 Å². The molecular weight excluding hydrogens is 356 g/mol. The van der Waals surface area contributed by atoms with Crippen LogP contribution >= 0.6 is 0 Å². The second kappa shape index (κ2) is 6.87. The summed E-state index contributed by atoms with van der Waals surface area (Å²) in [5, 5.41) is 17.6. The number of aliphatic carboxylic acids is 1. The minimum absolute atomic E-state index is 0.202. The number of carboxylic acid groups (broad SMARTS) is 1. The van der Waals surface area contributed by atoms with Crippen LogP contribution in [0.1, 0.15) is 81.5 Å². The summed E-state index contributed by atoms with van der Waals surface area (Å²) < 4.78 is 1.90. The first-order chi connectivity index (χ1) is 12.9. The molecule has 7 nitrogen and oxygen atoms in total. The third-order valence-electron chi connectivity index (χ3n) is 5.32. The summed E-state index contributed by atoms with van der Waals surface area (Å²) >= 11 is 0. The molecule has 2 aromatic rings. The van der Waals surface area contributed by atoms with E-state index in [1.165, 1.54) is 0 Å². The number of pyridine rings is 1. The van der Waals surface area contributed by atoms with Crippen molar-refractivity contribution < 1.29 is 14.7 Å². The van der Waals surface area contributed by atoms with Gasteiger partial charge in [-0.25, -0.2) is 9.67 Å². The largest absolute Gasteiger partial charge is 0.481 e. The fraction of sp³-hybridized carbons (Fsp3) is 0.619. The zero-order chi connectivity index (χ0) is 20.9. The molecule has 0 aliphatic heterocycles. The number of hydrogen-bond donors (Lipinski definition) is 2. The molecule has 7 heteroatoms. The van der Waals surface area contributed by atoms with E-state index in [-0.39, 0.29) is 11.4 Å². The van der Waals surface area contributed by atoms with Gasteiger partial charge in [0.2, 0.25) is 0 Å². The third-order valence-corrected chi connectivity index (χ3v) is 5.32. The van der Waals surface area contributed by atoms with E-state index in [1.807, 2.05) is 17.7 Å². The van der Waals surface area contributed by atoms with Gasteiger partial charge in [-0.2, -0.15) is 5.10 Å². The normalized spacial score (nSPS) is 15.1. The van der Waals surface area contributed by atoms with Crippen LogP contribution in [-0.4, -0.2) is 38.3 Å². The molecule has 152 valence electrons. The summed E-state index contributed by atoms with van der Waals surface area (Å²) in [7, 11) is 0. The number of carbonyl (C=O) groups is 2. The second-order valence-corrected chi connectivity index (χ2v) is 9.43. The first kappa shape index (κ1) is 20.3. The molecule has 2 heterocycles. The van der Waals surface area contributed by atoms with E-state index in [0.29, 0.717) is 24.4 Å². The van der Waals surface area contributed by atoms with Gasteiger partial charge < -0.3 is 10.4 Å². The minimum Gasteiger partial charge on any atom is -0.481 e. The Hall–Kier alpha value is -2.44. The summed E-state index contributed by atoms with van der Waals surface area (Å²) in [6.07, 6.45) is 2.54. The standard InChI is InChI=1S/C21H30N4O3/c1-12-16-14(18(26)22-10-9-21(5,6)19(27)28)11-15(13-7-8-13)23-17(16)25(24-12)20(2,3)4/h11,13H,7-10H2,1-6H3,(H,22,26)(H,27,28). The van der Waals surface area contributed by atoms with Crippen LogP contribution in [-0.2, 0) is 10.3 Å². The molecule has 0 spiro atoms. The molecule has 0 aromatic carbocycles. The average molecular weight is 386 g/mol. The van der Waals surface area contributed by atoms with Crippen LogP contribution in [0.2, 0.25) is 0 Å². The van der Waals surface area contributed by atoms with E-state index in [1.54, 1.807) is 13.8 Å². The summed E-state index contributed by atoms with van der Waals surface area (Å²) in [5.41, 5.74) is 1.90. The van der Waals surface area contributed by atoms with E-state index < -0.39 is 11.4 Å². The number of hydrogen-bond acceptors (Lipinski definition) is 4. The van der Waals surface area contributed by atoms with Crippen LogP contribution in [0, 0.1) is 12.3 Å². The van der Waals surface area contributed by atoms with Gasteiger partial charge in [0, 0.05) is 18.2 Å². The lowest BCUT2D eigenvalue weighted by Crippen LogP contribution is -2.32. The smallest absolute Gasteiger partial charge is 0.309 e. The summed E-state index contributed by atoms with van der Waals surface area (Å²) in [6, 6.07) is 1.89. The Morgan fingerprint density at radius 2 is 1.89 bits per heavy atom. The Morgan fingerprint density at radius 3 is 2.43 bits per heavy atom. The van der Waals surface area contributed by atoms with Gasteiger partial charge in [-0.1, -0.05) is 0 Å². The number of aryl methyl sites for hydroxylation is 1. The number of nitrogens with zero attached hydrogens (tertiary/aromatic N) is 3. The van der Waals surface area contributed by atoms with E-state index in [9.17, 15) is 14.7 Å². The number of amides is 1. The predicted molar refractivity (Wildman–Crippen MR) is 108 cm³/mol. The molecular formula is C21H30N4O3. The Bertz CT molecular complexity index is 933. The van der Waals surface area contributed by atoms with Crippen molar-refractivity contribution in [1.29, 1.82) is 0 Å². The number of rotatable bonds is 6. The first-order valence-electron chi connectivity index (χ1n) is 9.84. The van der Waals surface area contributed by atoms with Crippen molar-refractivity contribution in [3.05, 3.63) is 23.0 Å². The maximum atomic E-state index is 13.0. The molecule has 0 saturated heterocycles. The minimum atomic E-state index is -0.882. The highest BCUT2D eigenvalue weighted by Gasteiger charge is 2.31. The lowest BCUT2D eigenvalue weighted by molar-refractivity contribution is -0.147. The van der Waals surface area contributed by atoms with E-state index in [2.05, 4.69) is 31.2 Å². The molecule has 28 heavy (non-hydrogen) atoms. The SMILES string of the molecule is Cc1nn(C(C)(C)C)c2nc(C3CC3)cc(C(=O)NCCC(C)(C)C(=O)O)c12. The number of carboxylic acids is 1. The van der Waals surface area contributed by atoms with Crippen LogP contribution in [0.15, 0.2) is 6.07 Å². The maximum Gasteiger partial charge on any atom is 0.309 e. The van der Waals surface area contributed by atoms with E-state index >= 15 is 0 Å². The average Bonchev–Trinajstić information content (AvgIpc) is 3.37. The highest BCUT2D eigenvalue weighted by molar-refractivity contribution is 6.06. The van der Waals surface area contributed by atoms with Crippen molar-refractivity contribution in [2.75, 3.05) is 6.54 Å². The first-order valence-corrected chi connectivity index (χ1v) is 9.84. The van der Waals surface area contributed by atoms with Gasteiger partial charge in [0.05, 0.1) is 27.6 Å². The van der Waals surface area contributed by atoms with Crippen LogP contribution in [0.4, 0.5) is 0 Å². The number of nitrogens with one attached hydrogen (secondary N) is 1. The van der Waals surface area contributed by atoms with Crippen molar-refractivity contribution in [3.63, 3.8) is 0 Å². The summed E-state index contributed by atoms with van der Waals surface area (Å²) in [5.74, 6) is -0.663. The predicted octanol–water partition coefficient (Wildman–Crippen LogP) is 3.60. The number of carbonyl (C=O) groups excluding carboxylic acids is 1. The Balaban J connectivity index is 1.96. The Kier molecular flexibility index (Phi) is 4.98. The van der Waals surface area contributed by atoms with E-state index in [4.69, 9.17) is 4.98 Å². The molecule has 0 radical (unpaired) electrons. The number of fused-ring (bicyclic) bond motifs is 1. The quantitative estimate of drug-likeness (QED) is 0.790. The van der Waals surface area contributed by atoms with Crippen molar-refractivity contribution in [1.82, 2.24) is 20.1 Å². The number of aromatic nitrogens is 3. The van der Waals surface area contributed by atoms with Crippen LogP contribution in [0.3, 0.4) is 0 Å². The Morgan fingerprint density at radius 1 is 1.25 bits per heavy atom. The Labute approximate surface area is 165 Å². The molecule has 1 fully saturated rings. The second-order valence-electron chi connectivity index (χ2n) is 9.43. The van der Waals surface area contributed by atoms with Crippen molar-refractivity contribution >= 4 is 22.9 Å². The van der Waals surface area contributed by atoms with Crippen molar-refractivity contribution in [2.24, 2.45) is 5.41 Å². The van der Waals surface area contributed by atoms with Crippen molar-refractivity contribution in [2.45, 2.75) is 72.3 Å². The van der Waals surface area contributed by atoms with Gasteiger partial charge in [0.15, 0.2) is 5.65 Å². The summed E-state index contributed by atoms with van der Waals surface area (Å²) in [4.78, 5) is 29.1. The molecule has 1 saturated carbocycles. The maximum absolute atomic E-state index is 13.0. The van der Waals surface area contributed by atoms with Crippen molar-refractivity contribution in [3.8, 4) is 0 Å². The van der Waals surface area contributed by atoms with Gasteiger partial charge in [-0.15, -0.1) is 0 Å². The molecule has 1 aliphatic carbocycles. The van der Waals surface area contributed by atoms with Gasteiger partial charge >= 0.3 is 5.97 Å². The molecule has 0 unspecified atom stereocenters. The molecule has 2 aromatic heterocycles. The van der Waals surface area contributed by atoms with Crippen LogP contribution in [0.5, 0.6) is 0 Å². The molecule has 1 aliphatic rings.